The van der Waals surface area contributed by atoms with Crippen LogP contribution >= 0.6 is 0 Å². The van der Waals surface area contributed by atoms with E-state index in [1.807, 2.05) is 13.0 Å². The van der Waals surface area contributed by atoms with Crippen LogP contribution in [0.3, 0.4) is 0 Å². The molecule has 3 rings (SSSR count). The fourth-order valence-electron chi connectivity index (χ4n) is 3.46. The predicted molar refractivity (Wildman–Crippen MR) is 118 cm³/mol. The lowest BCUT2D eigenvalue weighted by Gasteiger charge is -2.36. The van der Waals surface area contributed by atoms with Gasteiger partial charge < -0.3 is 10.2 Å². The number of guanidine groups is 1. The second kappa shape index (κ2) is 10.5. The monoisotopic (exact) mass is 432 g/mol. The van der Waals surface area contributed by atoms with Crippen molar-refractivity contribution in [3.8, 4) is 0 Å². The zero-order valence-electron chi connectivity index (χ0n) is 17.3. The molecule has 1 N–H and O–H groups in total. The Morgan fingerprint density at radius 1 is 1.03 bits per heavy atom. The molecule has 0 amide bonds. The van der Waals surface area contributed by atoms with Gasteiger partial charge in [-0.3, -0.25) is 9.89 Å². The molecule has 8 heteroatoms. The summed E-state index contributed by atoms with van der Waals surface area (Å²) in [6.07, 6.45) is 0. The van der Waals surface area contributed by atoms with Gasteiger partial charge in [0.25, 0.3) is 0 Å². The van der Waals surface area contributed by atoms with E-state index in [1.165, 1.54) is 23.8 Å². The first-order valence-electron chi connectivity index (χ1n) is 10.3. The van der Waals surface area contributed by atoms with Crippen LogP contribution in [0, 0.1) is 5.82 Å². The molecule has 0 aliphatic carbocycles. The van der Waals surface area contributed by atoms with Gasteiger partial charge in [0.1, 0.15) is 10.7 Å². The van der Waals surface area contributed by atoms with E-state index < -0.39 is 15.7 Å². The van der Waals surface area contributed by atoms with E-state index in [4.69, 9.17) is 0 Å². The Hall–Kier alpha value is -2.45. The van der Waals surface area contributed by atoms with Crippen molar-refractivity contribution in [3.05, 3.63) is 66.0 Å². The number of hydrogen-bond donors (Lipinski definition) is 1. The first-order valence-corrected chi connectivity index (χ1v) is 11.9. The summed E-state index contributed by atoms with van der Waals surface area (Å²) in [5.74, 6) is -0.236. The molecule has 0 unspecified atom stereocenters. The molecule has 2 aromatic carbocycles. The zero-order chi connectivity index (χ0) is 21.4. The Morgan fingerprint density at radius 3 is 2.37 bits per heavy atom. The van der Waals surface area contributed by atoms with Crippen LogP contribution in [0.2, 0.25) is 0 Å². The number of piperazine rings is 1. The van der Waals surface area contributed by atoms with Crippen molar-refractivity contribution >= 4 is 15.8 Å². The van der Waals surface area contributed by atoms with Crippen molar-refractivity contribution in [1.82, 2.24) is 15.1 Å². The lowest BCUT2D eigenvalue weighted by Crippen LogP contribution is -2.52. The van der Waals surface area contributed by atoms with Gasteiger partial charge in [-0.05, 0) is 24.6 Å². The molecular formula is C22H29FN4O2S. The normalized spacial score (nSPS) is 15.9. The Balaban J connectivity index is 1.56. The number of sulfone groups is 1. The molecule has 30 heavy (non-hydrogen) atoms. The highest BCUT2D eigenvalue weighted by atomic mass is 32.2. The maximum absolute atomic E-state index is 13.8. The highest BCUT2D eigenvalue weighted by Crippen LogP contribution is 2.15. The van der Waals surface area contributed by atoms with Gasteiger partial charge in [-0.2, -0.15) is 0 Å². The van der Waals surface area contributed by atoms with Crippen molar-refractivity contribution in [1.29, 1.82) is 0 Å². The number of rotatable bonds is 7. The van der Waals surface area contributed by atoms with E-state index in [9.17, 15) is 12.8 Å². The quantitative estimate of drug-likeness (QED) is 0.538. The smallest absolute Gasteiger partial charge is 0.194 e. The minimum absolute atomic E-state index is 0.0865. The summed E-state index contributed by atoms with van der Waals surface area (Å²) < 4.78 is 38.7. The van der Waals surface area contributed by atoms with Crippen LogP contribution in [0.15, 0.2) is 64.5 Å². The topological polar surface area (TPSA) is 65.0 Å². The maximum Gasteiger partial charge on any atom is 0.194 e. The fourth-order valence-corrected chi connectivity index (χ4v) is 4.67. The van der Waals surface area contributed by atoms with Gasteiger partial charge in [-0.25, -0.2) is 12.8 Å². The van der Waals surface area contributed by atoms with Crippen LogP contribution in [0.25, 0.3) is 0 Å². The Labute approximate surface area is 178 Å². The largest absolute Gasteiger partial charge is 0.357 e. The second-order valence-corrected chi connectivity index (χ2v) is 9.31. The number of benzene rings is 2. The van der Waals surface area contributed by atoms with E-state index in [-0.39, 0.29) is 17.2 Å². The molecular weight excluding hydrogens is 403 g/mol. The summed E-state index contributed by atoms with van der Waals surface area (Å²) in [6.45, 7) is 7.14. The van der Waals surface area contributed by atoms with E-state index in [0.29, 0.717) is 12.5 Å². The standard InChI is InChI=1S/C22H29FN4O2S/c1-2-24-22(25-12-17-30(28,29)21-11-7-6-10-20(21)23)27-15-13-26(14-16-27)18-19-8-4-3-5-9-19/h3-11H,2,12-18H2,1H3,(H,24,25). The Bertz CT molecular complexity index is 943. The Kier molecular flexibility index (Phi) is 7.81. The third-order valence-electron chi connectivity index (χ3n) is 5.05. The molecule has 0 bridgehead atoms. The van der Waals surface area contributed by atoms with Gasteiger partial charge in [0.2, 0.25) is 0 Å². The molecule has 0 aromatic heterocycles. The van der Waals surface area contributed by atoms with Gasteiger partial charge in [-0.1, -0.05) is 42.5 Å². The molecule has 162 valence electrons. The molecule has 1 fully saturated rings. The highest BCUT2D eigenvalue weighted by molar-refractivity contribution is 7.91. The average molecular weight is 433 g/mol. The summed E-state index contributed by atoms with van der Waals surface area (Å²) >= 11 is 0. The number of halogens is 1. The molecule has 1 heterocycles. The molecule has 0 saturated carbocycles. The third kappa shape index (κ3) is 6.03. The van der Waals surface area contributed by atoms with Crippen LogP contribution in [0.5, 0.6) is 0 Å². The van der Waals surface area contributed by atoms with Crippen molar-refractivity contribution in [3.63, 3.8) is 0 Å². The van der Waals surface area contributed by atoms with Gasteiger partial charge in [0, 0.05) is 39.3 Å². The summed E-state index contributed by atoms with van der Waals surface area (Å²) in [7, 11) is -3.71. The second-order valence-electron chi connectivity index (χ2n) is 7.23. The summed E-state index contributed by atoms with van der Waals surface area (Å²) in [6, 6.07) is 15.9. The molecule has 1 saturated heterocycles. The van der Waals surface area contributed by atoms with Crippen LogP contribution in [0.4, 0.5) is 4.39 Å². The van der Waals surface area contributed by atoms with E-state index in [2.05, 4.69) is 44.4 Å². The van der Waals surface area contributed by atoms with Crippen LogP contribution < -0.4 is 5.32 Å². The molecule has 6 nitrogen and oxygen atoms in total. The summed E-state index contributed by atoms with van der Waals surface area (Å²) in [5, 5.41) is 3.24. The van der Waals surface area contributed by atoms with Gasteiger partial charge in [0.05, 0.1) is 12.3 Å². The molecule has 0 spiro atoms. The molecule has 2 aromatic rings. The van der Waals surface area contributed by atoms with Crippen LogP contribution in [0.1, 0.15) is 12.5 Å². The van der Waals surface area contributed by atoms with Gasteiger partial charge in [-0.15, -0.1) is 0 Å². The number of aliphatic imine (C=N–C) groups is 1. The maximum atomic E-state index is 13.8. The van der Waals surface area contributed by atoms with Gasteiger partial charge >= 0.3 is 0 Å². The van der Waals surface area contributed by atoms with Crippen LogP contribution in [-0.2, 0) is 16.4 Å². The van der Waals surface area contributed by atoms with Crippen molar-refractivity contribution in [2.45, 2.75) is 18.4 Å². The fraction of sp³-hybridized carbons (Fsp3) is 0.409. The Morgan fingerprint density at radius 2 is 1.70 bits per heavy atom. The van der Waals surface area contributed by atoms with E-state index in [1.54, 1.807) is 0 Å². The molecule has 1 aliphatic heterocycles. The number of nitrogens with zero attached hydrogens (tertiary/aromatic N) is 3. The minimum Gasteiger partial charge on any atom is -0.357 e. The summed E-state index contributed by atoms with van der Waals surface area (Å²) in [5.41, 5.74) is 1.30. The lowest BCUT2D eigenvalue weighted by atomic mass is 10.2. The van der Waals surface area contributed by atoms with Crippen molar-refractivity contribution in [2.24, 2.45) is 4.99 Å². The molecule has 0 radical (unpaired) electrons. The SMILES string of the molecule is CCNC(=NCCS(=O)(=O)c1ccccc1F)N1CCN(Cc2ccccc2)CC1. The number of hydrogen-bond acceptors (Lipinski definition) is 4. The minimum atomic E-state index is -3.71. The van der Waals surface area contributed by atoms with Crippen LogP contribution in [-0.4, -0.2) is 69.2 Å². The third-order valence-corrected chi connectivity index (χ3v) is 6.77. The lowest BCUT2D eigenvalue weighted by molar-refractivity contribution is 0.172. The highest BCUT2D eigenvalue weighted by Gasteiger charge is 2.21. The zero-order valence-corrected chi connectivity index (χ0v) is 18.1. The average Bonchev–Trinajstić information content (AvgIpc) is 2.75. The van der Waals surface area contributed by atoms with E-state index >= 15 is 0 Å². The molecule has 0 atom stereocenters. The van der Waals surface area contributed by atoms with Crippen molar-refractivity contribution in [2.75, 3.05) is 45.0 Å². The van der Waals surface area contributed by atoms with E-state index in [0.717, 1.165) is 38.8 Å². The van der Waals surface area contributed by atoms with Gasteiger partial charge in [0.15, 0.2) is 15.8 Å². The van der Waals surface area contributed by atoms with Crippen molar-refractivity contribution < 1.29 is 12.8 Å². The molecule has 1 aliphatic rings. The predicted octanol–water partition coefficient (Wildman–Crippen LogP) is 2.38. The first kappa shape index (κ1) is 22.2. The summed E-state index contributed by atoms with van der Waals surface area (Å²) in [4.78, 5) is 8.79. The number of nitrogens with one attached hydrogen (secondary N) is 1. The first-order chi connectivity index (χ1) is 14.5.